The molecule has 4 bridgehead atoms. The lowest BCUT2D eigenvalue weighted by atomic mass is 9.96. The van der Waals surface area contributed by atoms with E-state index in [1.165, 1.54) is 37.3 Å². The summed E-state index contributed by atoms with van der Waals surface area (Å²) in [4.78, 5) is 64.1. The number of nitrogens with one attached hydrogen (secondary N) is 3. The van der Waals surface area contributed by atoms with Gasteiger partial charge in [0.2, 0.25) is 5.91 Å². The van der Waals surface area contributed by atoms with Crippen LogP contribution in [0.25, 0.3) is 0 Å². The summed E-state index contributed by atoms with van der Waals surface area (Å²) in [6.07, 6.45) is 7.87. The maximum atomic E-state index is 13.2. The van der Waals surface area contributed by atoms with Crippen LogP contribution in [0.3, 0.4) is 0 Å². The smallest absolute Gasteiger partial charge is 0.341 e. The zero-order chi connectivity index (χ0) is 47.8. The summed E-state index contributed by atoms with van der Waals surface area (Å²) in [7, 11) is 1.24. The highest BCUT2D eigenvalue weighted by molar-refractivity contribution is 6.34. The number of fused-ring (bicyclic) bond motifs is 4. The molecule has 3 N–H and O–H groups in total. The number of hydrogen-bond donors (Lipinski definition) is 3. The van der Waals surface area contributed by atoms with Crippen LogP contribution in [0.2, 0.25) is 15.1 Å². The predicted octanol–water partition coefficient (Wildman–Crippen LogP) is 8.51. The first-order valence-corrected chi connectivity index (χ1v) is 23.2. The number of nitrogens with zero attached hydrogens (tertiary/aromatic N) is 3. The summed E-state index contributed by atoms with van der Waals surface area (Å²) in [6.45, 7) is 2.44. The Hall–Kier alpha value is -5.52. The molecule has 0 aromatic heterocycles. The van der Waals surface area contributed by atoms with E-state index in [2.05, 4.69) is 37.9 Å². The van der Waals surface area contributed by atoms with Crippen molar-refractivity contribution in [3.05, 3.63) is 127 Å². The number of carbonyl (C=O) groups is 4. The number of esters is 1. The van der Waals surface area contributed by atoms with Gasteiger partial charge in [-0.3, -0.25) is 34.3 Å². The van der Waals surface area contributed by atoms with Crippen molar-refractivity contribution < 1.29 is 42.7 Å². The highest BCUT2D eigenvalue weighted by atomic mass is 35.5. The maximum absolute atomic E-state index is 13.2. The Balaban J connectivity index is 0.000000201. The molecule has 8 rings (SSSR count). The summed E-state index contributed by atoms with van der Waals surface area (Å²) in [5, 5.41) is 21.3. The van der Waals surface area contributed by atoms with Crippen molar-refractivity contribution in [1.29, 1.82) is 0 Å². The molecule has 2 unspecified atom stereocenters. The lowest BCUT2D eigenvalue weighted by Gasteiger charge is -2.39. The first kappa shape index (κ1) is 49.4. The van der Waals surface area contributed by atoms with Crippen LogP contribution in [0.1, 0.15) is 79.8 Å². The molecule has 3 amide bonds. The second-order valence-corrected chi connectivity index (χ2v) is 18.6. The van der Waals surface area contributed by atoms with Crippen molar-refractivity contribution in [2.24, 2.45) is 0 Å². The molecular weight excluding hydrogens is 930 g/mol. The molecular formula is C48H52Cl3FN6O9. The van der Waals surface area contributed by atoms with Gasteiger partial charge in [0.25, 0.3) is 11.8 Å². The predicted molar refractivity (Wildman–Crippen MR) is 251 cm³/mol. The number of piperidine rings is 2. The van der Waals surface area contributed by atoms with Crippen LogP contribution in [0.4, 0.5) is 15.8 Å². The minimum absolute atomic E-state index is 0.0401. The van der Waals surface area contributed by atoms with E-state index in [1.807, 2.05) is 36.4 Å². The standard InChI is InChI=1S/C26H29Cl2N3O5.C22H23ClFN3O4/c1-15(32)29-23-12-24(21(11-22(23)28)26(34)35-2)36-14-25(33)30-18-9-19-7-8-20(10-18)31(19)13-16-3-5-17(27)6-4-16;23-15-3-1-14(2-4-15)12-26-18-6-7-19(26)11-17(10-18)25-22(28)13-31-21-8-5-16(24)9-20(21)27(29)30/h3-6,11-12,18-20H,7-10,13-14H2,1-2H3,(H,29,32)(H,30,33);1-5,8-9,17-19H,6-7,10-13H2,(H,25,28)/t18?,19-,20+;17?,18-,19+. The zero-order valence-electron chi connectivity index (χ0n) is 37.0. The van der Waals surface area contributed by atoms with Crippen LogP contribution < -0.4 is 25.4 Å². The Bertz CT molecular complexity index is 2420. The third-order valence-electron chi connectivity index (χ3n) is 12.7. The molecule has 4 aliphatic rings. The van der Waals surface area contributed by atoms with Crippen LogP contribution in [0.15, 0.2) is 78.9 Å². The number of halogens is 4. The van der Waals surface area contributed by atoms with Crippen molar-refractivity contribution in [1.82, 2.24) is 20.4 Å². The van der Waals surface area contributed by atoms with Gasteiger partial charge >= 0.3 is 11.7 Å². The first-order chi connectivity index (χ1) is 32.1. The Morgan fingerprint density at radius 2 is 1.16 bits per heavy atom. The summed E-state index contributed by atoms with van der Waals surface area (Å²) in [5.74, 6) is -2.37. The number of hydrogen-bond acceptors (Lipinski definition) is 11. The zero-order valence-corrected chi connectivity index (χ0v) is 39.3. The molecule has 0 spiro atoms. The molecule has 6 atom stereocenters. The van der Waals surface area contributed by atoms with E-state index in [1.54, 1.807) is 0 Å². The molecule has 0 aliphatic carbocycles. The number of carbonyl (C=O) groups excluding carboxylic acids is 4. The van der Waals surface area contributed by atoms with E-state index in [0.717, 1.165) is 92.7 Å². The molecule has 0 saturated carbocycles. The highest BCUT2D eigenvalue weighted by Crippen LogP contribution is 2.39. The summed E-state index contributed by atoms with van der Waals surface area (Å²) < 4.78 is 29.0. The third kappa shape index (κ3) is 13.1. The van der Waals surface area contributed by atoms with Crippen molar-refractivity contribution in [2.75, 3.05) is 25.6 Å². The number of nitro groups is 1. The van der Waals surface area contributed by atoms with Crippen molar-refractivity contribution >= 4 is 69.9 Å². The van der Waals surface area contributed by atoms with Crippen LogP contribution in [0, 0.1) is 15.9 Å². The monoisotopic (exact) mass is 980 g/mol. The molecule has 4 heterocycles. The Kier molecular flexibility index (Phi) is 16.6. The normalized spacial score (nSPS) is 21.9. The molecule has 4 aromatic rings. The average molecular weight is 982 g/mol. The van der Waals surface area contributed by atoms with Crippen LogP contribution in [-0.4, -0.2) is 95.0 Å². The molecule has 4 saturated heterocycles. The SMILES string of the molecule is COC(=O)c1cc(Cl)c(NC(C)=O)cc1OCC(=O)NC1C[C@H]2CC[C@@H](C1)N2Cc1ccc(Cl)cc1.O=C(COc1ccc(F)cc1[N+](=O)[O-])NC1C[C@H]2CC[C@@H](C1)N2Cc1ccc(Cl)cc1. The van der Waals surface area contributed by atoms with Gasteiger partial charge < -0.3 is 30.2 Å². The Morgan fingerprint density at radius 3 is 1.60 bits per heavy atom. The van der Waals surface area contributed by atoms with Gasteiger partial charge in [0.05, 0.1) is 28.8 Å². The van der Waals surface area contributed by atoms with Gasteiger partial charge in [-0.05, 0) is 105 Å². The number of anilines is 1. The summed E-state index contributed by atoms with van der Waals surface area (Å²) in [5.41, 5.74) is 2.30. The average Bonchev–Trinajstić information content (AvgIpc) is 3.66. The maximum Gasteiger partial charge on any atom is 0.341 e. The van der Waals surface area contributed by atoms with Gasteiger partial charge in [-0.2, -0.15) is 0 Å². The number of rotatable bonds is 15. The Morgan fingerprint density at radius 1 is 0.701 bits per heavy atom. The van der Waals surface area contributed by atoms with Gasteiger partial charge in [0.1, 0.15) is 17.1 Å². The van der Waals surface area contributed by atoms with Gasteiger partial charge in [-0.1, -0.05) is 59.1 Å². The lowest BCUT2D eigenvalue weighted by Crippen LogP contribution is -2.50. The quantitative estimate of drug-likeness (QED) is 0.0590. The van der Waals surface area contributed by atoms with Gasteiger partial charge in [0, 0.05) is 72.4 Å². The van der Waals surface area contributed by atoms with Crippen LogP contribution in [0.5, 0.6) is 11.5 Å². The summed E-state index contributed by atoms with van der Waals surface area (Å²) >= 11 is 18.2. The van der Waals surface area contributed by atoms with E-state index >= 15 is 0 Å². The van der Waals surface area contributed by atoms with E-state index in [4.69, 9.17) is 49.0 Å². The van der Waals surface area contributed by atoms with Gasteiger partial charge in [-0.15, -0.1) is 0 Å². The largest absolute Gasteiger partial charge is 0.483 e. The number of nitro benzene ring substituents is 1. The third-order valence-corrected chi connectivity index (χ3v) is 13.5. The number of ether oxygens (including phenoxy) is 3. The topological polar surface area (TPSA) is 182 Å². The summed E-state index contributed by atoms with van der Waals surface area (Å²) in [6, 6.07) is 23.3. The fraction of sp³-hybridized carbons (Fsp3) is 0.417. The molecule has 15 nitrogen and oxygen atoms in total. The van der Waals surface area contributed by atoms with Crippen LogP contribution >= 0.6 is 34.8 Å². The van der Waals surface area contributed by atoms with E-state index in [-0.39, 0.29) is 70.8 Å². The highest BCUT2D eigenvalue weighted by Gasteiger charge is 2.42. The fourth-order valence-corrected chi connectivity index (χ4v) is 10.2. The lowest BCUT2D eigenvalue weighted by molar-refractivity contribution is -0.386. The van der Waals surface area contributed by atoms with Crippen LogP contribution in [-0.2, 0) is 32.2 Å². The molecule has 356 valence electrons. The molecule has 67 heavy (non-hydrogen) atoms. The van der Waals surface area contributed by atoms with Crippen molar-refractivity contribution in [3.63, 3.8) is 0 Å². The minimum atomic E-state index is -0.732. The van der Waals surface area contributed by atoms with Gasteiger partial charge in [0.15, 0.2) is 19.0 Å². The molecule has 4 aliphatic heterocycles. The van der Waals surface area contributed by atoms with E-state index < -0.39 is 22.4 Å². The van der Waals surface area contributed by atoms with Crippen molar-refractivity contribution in [3.8, 4) is 11.5 Å². The second kappa shape index (κ2) is 22.5. The number of methoxy groups -OCH3 is 1. The number of benzene rings is 4. The Labute approximate surface area is 402 Å². The van der Waals surface area contributed by atoms with E-state index in [0.29, 0.717) is 24.2 Å². The second-order valence-electron chi connectivity index (χ2n) is 17.3. The van der Waals surface area contributed by atoms with E-state index in [9.17, 15) is 33.7 Å². The molecule has 19 heteroatoms. The molecule has 0 radical (unpaired) electrons. The number of amides is 3. The fourth-order valence-electron chi connectivity index (χ4n) is 9.71. The van der Waals surface area contributed by atoms with Crippen molar-refractivity contribution in [2.45, 2.75) is 108 Å². The minimum Gasteiger partial charge on any atom is -0.483 e. The molecule has 4 fully saturated rings. The first-order valence-electron chi connectivity index (χ1n) is 22.1. The molecule has 4 aromatic carbocycles. The van der Waals surface area contributed by atoms with Gasteiger partial charge in [-0.25, -0.2) is 9.18 Å².